The average Bonchev–Trinajstić information content (AvgIpc) is 3.25. The molecule has 1 aliphatic rings. The second kappa shape index (κ2) is 7.00. The summed E-state index contributed by atoms with van der Waals surface area (Å²) in [6.45, 7) is 0. The fourth-order valence-electron chi connectivity index (χ4n) is 2.89. The predicted octanol–water partition coefficient (Wildman–Crippen LogP) is 3.50. The Morgan fingerprint density at radius 3 is 2.74 bits per heavy atom. The Morgan fingerprint density at radius 2 is 2.04 bits per heavy atom. The van der Waals surface area contributed by atoms with Crippen LogP contribution in [0.4, 0.5) is 0 Å². The molecule has 2 aromatic rings. The van der Waals surface area contributed by atoms with Crippen molar-refractivity contribution in [3.63, 3.8) is 0 Å². The number of rotatable bonds is 5. The molecule has 0 aliphatic heterocycles. The molecule has 0 unspecified atom stereocenters. The van der Waals surface area contributed by atoms with Crippen LogP contribution in [0, 0.1) is 0 Å². The number of hydrogen-bond acceptors (Lipinski definition) is 5. The van der Waals surface area contributed by atoms with Crippen LogP contribution in [-0.4, -0.2) is 31.2 Å². The highest BCUT2D eigenvalue weighted by Gasteiger charge is 2.21. The number of carbonyl (C=O) groups is 1. The van der Waals surface area contributed by atoms with E-state index < -0.39 is 0 Å². The maximum Gasteiger partial charge on any atom is 0.270 e. The van der Waals surface area contributed by atoms with Crippen LogP contribution < -0.4 is 14.8 Å². The maximum atomic E-state index is 12.3. The first-order chi connectivity index (χ1) is 11.2. The molecule has 1 aliphatic carbocycles. The van der Waals surface area contributed by atoms with Crippen LogP contribution in [0.5, 0.6) is 11.5 Å². The minimum atomic E-state index is -0.0961. The van der Waals surface area contributed by atoms with Crippen molar-refractivity contribution >= 4 is 17.2 Å². The number of amides is 1. The zero-order valence-electron chi connectivity index (χ0n) is 13.3. The second-order valence-corrected chi connectivity index (χ2v) is 6.39. The van der Waals surface area contributed by atoms with Gasteiger partial charge in [-0.15, -0.1) is 11.3 Å². The number of aromatic nitrogens is 1. The van der Waals surface area contributed by atoms with Gasteiger partial charge in [-0.3, -0.25) is 4.79 Å². The molecule has 0 atom stereocenters. The number of nitrogens with one attached hydrogen (secondary N) is 1. The Morgan fingerprint density at radius 1 is 1.26 bits per heavy atom. The third-order valence-corrected chi connectivity index (χ3v) is 4.94. The molecule has 0 spiro atoms. The van der Waals surface area contributed by atoms with Crippen molar-refractivity contribution in [3.8, 4) is 22.1 Å². The van der Waals surface area contributed by atoms with E-state index in [0.717, 1.165) is 23.4 Å². The fraction of sp³-hybridized carbons (Fsp3) is 0.412. The minimum Gasteiger partial charge on any atom is -0.493 e. The monoisotopic (exact) mass is 332 g/mol. The van der Waals surface area contributed by atoms with Crippen LogP contribution in [0.1, 0.15) is 36.2 Å². The van der Waals surface area contributed by atoms with Crippen LogP contribution in [0.15, 0.2) is 23.6 Å². The fourth-order valence-corrected chi connectivity index (χ4v) is 3.71. The number of methoxy groups -OCH3 is 2. The first-order valence-corrected chi connectivity index (χ1v) is 8.58. The van der Waals surface area contributed by atoms with Crippen molar-refractivity contribution in [1.82, 2.24) is 10.3 Å². The molecule has 1 heterocycles. The molecule has 1 saturated carbocycles. The van der Waals surface area contributed by atoms with Crippen LogP contribution in [0.3, 0.4) is 0 Å². The topological polar surface area (TPSA) is 60.5 Å². The standard InChI is InChI=1S/C17H20N2O3S/c1-21-14-9-5-8-12(15(14)22-2)17-19-13(10-23-17)16(20)18-11-6-3-4-7-11/h5,8-11H,3-4,6-7H2,1-2H3,(H,18,20). The lowest BCUT2D eigenvalue weighted by Crippen LogP contribution is -2.32. The molecule has 122 valence electrons. The summed E-state index contributed by atoms with van der Waals surface area (Å²) in [6.07, 6.45) is 4.50. The zero-order chi connectivity index (χ0) is 16.2. The number of nitrogens with zero attached hydrogens (tertiary/aromatic N) is 1. The van der Waals surface area contributed by atoms with E-state index in [1.54, 1.807) is 19.6 Å². The number of ether oxygens (including phenoxy) is 2. The summed E-state index contributed by atoms with van der Waals surface area (Å²) >= 11 is 1.43. The highest BCUT2D eigenvalue weighted by Crippen LogP contribution is 2.38. The van der Waals surface area contributed by atoms with E-state index in [9.17, 15) is 4.79 Å². The van der Waals surface area contributed by atoms with Crippen LogP contribution >= 0.6 is 11.3 Å². The lowest BCUT2D eigenvalue weighted by atomic mass is 10.2. The van der Waals surface area contributed by atoms with E-state index in [4.69, 9.17) is 9.47 Å². The predicted molar refractivity (Wildman–Crippen MR) is 90.4 cm³/mol. The van der Waals surface area contributed by atoms with E-state index in [-0.39, 0.29) is 5.91 Å². The number of thiazole rings is 1. The van der Waals surface area contributed by atoms with Crippen LogP contribution in [-0.2, 0) is 0 Å². The van der Waals surface area contributed by atoms with Gasteiger partial charge in [0.1, 0.15) is 10.7 Å². The van der Waals surface area contributed by atoms with Crippen molar-refractivity contribution in [3.05, 3.63) is 29.3 Å². The molecular weight excluding hydrogens is 312 g/mol. The van der Waals surface area contributed by atoms with Gasteiger partial charge in [0.05, 0.1) is 19.8 Å². The maximum absolute atomic E-state index is 12.3. The largest absolute Gasteiger partial charge is 0.493 e. The number of hydrogen-bond donors (Lipinski definition) is 1. The van der Waals surface area contributed by atoms with Gasteiger partial charge < -0.3 is 14.8 Å². The lowest BCUT2D eigenvalue weighted by Gasteiger charge is -2.11. The number of carbonyl (C=O) groups excluding carboxylic acids is 1. The molecule has 23 heavy (non-hydrogen) atoms. The summed E-state index contributed by atoms with van der Waals surface area (Å²) in [7, 11) is 3.20. The van der Waals surface area contributed by atoms with Crippen molar-refractivity contribution < 1.29 is 14.3 Å². The zero-order valence-corrected chi connectivity index (χ0v) is 14.1. The van der Waals surface area contributed by atoms with Gasteiger partial charge in [0.25, 0.3) is 5.91 Å². The van der Waals surface area contributed by atoms with Gasteiger partial charge in [-0.25, -0.2) is 4.98 Å². The van der Waals surface area contributed by atoms with Crippen LogP contribution in [0.2, 0.25) is 0 Å². The van der Waals surface area contributed by atoms with Crippen molar-refractivity contribution in [2.24, 2.45) is 0 Å². The Hall–Kier alpha value is -2.08. The SMILES string of the molecule is COc1cccc(-c2nc(C(=O)NC3CCCC3)cs2)c1OC. The molecular formula is C17H20N2O3S. The molecule has 0 radical (unpaired) electrons. The molecule has 1 aromatic heterocycles. The molecule has 1 fully saturated rings. The van der Waals surface area contributed by atoms with E-state index >= 15 is 0 Å². The Bertz CT molecular complexity index is 693. The Labute approximate surface area is 139 Å². The van der Waals surface area contributed by atoms with Crippen LogP contribution in [0.25, 0.3) is 10.6 Å². The van der Waals surface area contributed by atoms with Crippen molar-refractivity contribution in [2.45, 2.75) is 31.7 Å². The van der Waals surface area contributed by atoms with Gasteiger partial charge >= 0.3 is 0 Å². The molecule has 6 heteroatoms. The molecule has 0 bridgehead atoms. The molecule has 5 nitrogen and oxygen atoms in total. The van der Waals surface area contributed by atoms with Gasteiger partial charge in [0.2, 0.25) is 0 Å². The Kier molecular flexibility index (Phi) is 4.81. The summed E-state index contributed by atoms with van der Waals surface area (Å²) in [5.41, 5.74) is 1.29. The van der Waals surface area contributed by atoms with Gasteiger partial charge in [0, 0.05) is 11.4 Å². The van der Waals surface area contributed by atoms with E-state index in [1.807, 2.05) is 18.2 Å². The summed E-state index contributed by atoms with van der Waals surface area (Å²) in [5, 5.41) is 5.60. The highest BCUT2D eigenvalue weighted by molar-refractivity contribution is 7.13. The number of para-hydroxylation sites is 1. The average molecular weight is 332 g/mol. The molecule has 1 N–H and O–H groups in total. The van der Waals surface area contributed by atoms with E-state index in [2.05, 4.69) is 10.3 Å². The van der Waals surface area contributed by atoms with E-state index in [1.165, 1.54) is 24.2 Å². The van der Waals surface area contributed by atoms with Gasteiger partial charge in [-0.05, 0) is 25.0 Å². The first-order valence-electron chi connectivity index (χ1n) is 7.70. The number of benzene rings is 1. The quantitative estimate of drug-likeness (QED) is 0.910. The minimum absolute atomic E-state index is 0.0961. The van der Waals surface area contributed by atoms with Gasteiger partial charge in [-0.2, -0.15) is 0 Å². The van der Waals surface area contributed by atoms with Gasteiger partial charge in [0.15, 0.2) is 11.5 Å². The normalized spacial score (nSPS) is 14.7. The summed E-state index contributed by atoms with van der Waals surface area (Å²) in [6, 6.07) is 5.93. The van der Waals surface area contributed by atoms with Crippen molar-refractivity contribution in [2.75, 3.05) is 14.2 Å². The van der Waals surface area contributed by atoms with Crippen molar-refractivity contribution in [1.29, 1.82) is 0 Å². The Balaban J connectivity index is 1.83. The van der Waals surface area contributed by atoms with E-state index in [0.29, 0.717) is 23.2 Å². The lowest BCUT2D eigenvalue weighted by molar-refractivity contribution is 0.0933. The smallest absolute Gasteiger partial charge is 0.270 e. The third-order valence-electron chi connectivity index (χ3n) is 4.06. The van der Waals surface area contributed by atoms with Gasteiger partial charge in [-0.1, -0.05) is 18.9 Å². The second-order valence-electron chi connectivity index (χ2n) is 5.53. The summed E-state index contributed by atoms with van der Waals surface area (Å²) < 4.78 is 10.8. The molecule has 1 aromatic carbocycles. The summed E-state index contributed by atoms with van der Waals surface area (Å²) in [5.74, 6) is 1.19. The summed E-state index contributed by atoms with van der Waals surface area (Å²) in [4.78, 5) is 16.8. The molecule has 1 amide bonds. The molecule has 3 rings (SSSR count). The third kappa shape index (κ3) is 3.32. The highest BCUT2D eigenvalue weighted by atomic mass is 32.1. The first kappa shape index (κ1) is 15.8. The molecule has 0 saturated heterocycles.